The molecular formula is C10H6BrN3O3. The smallest absolute Gasteiger partial charge is 0.322 e. The van der Waals surface area contributed by atoms with Crippen LogP contribution in [0.2, 0.25) is 0 Å². The first-order valence-corrected chi connectivity index (χ1v) is 5.34. The van der Waals surface area contributed by atoms with E-state index < -0.39 is 4.92 Å². The molecule has 0 spiro atoms. The van der Waals surface area contributed by atoms with Crippen molar-refractivity contribution in [3.05, 3.63) is 51.2 Å². The topological polar surface area (TPSA) is 78.2 Å². The zero-order valence-electron chi connectivity index (χ0n) is 8.41. The first kappa shape index (κ1) is 11.5. The van der Waals surface area contributed by atoms with Crippen molar-refractivity contribution < 1.29 is 9.66 Å². The Labute approximate surface area is 105 Å². The standard InChI is InChI=1S/C10H6BrN3O3/c11-7-1-3-9(4-2-7)17-10-12-5-8(6-13-10)14(15)16/h1-6H. The van der Waals surface area contributed by atoms with Crippen molar-refractivity contribution in [2.75, 3.05) is 0 Å². The summed E-state index contributed by atoms with van der Waals surface area (Å²) in [6.07, 6.45) is 2.20. The fourth-order valence-corrected chi connectivity index (χ4v) is 1.33. The summed E-state index contributed by atoms with van der Waals surface area (Å²) in [5, 5.41) is 10.4. The SMILES string of the molecule is O=[N+]([O-])c1cnc(Oc2ccc(Br)cc2)nc1. The lowest BCUT2D eigenvalue weighted by atomic mass is 10.3. The maximum atomic E-state index is 10.4. The van der Waals surface area contributed by atoms with E-state index in [1.807, 2.05) is 0 Å². The lowest BCUT2D eigenvalue weighted by Crippen LogP contribution is -1.94. The van der Waals surface area contributed by atoms with Gasteiger partial charge in [-0.25, -0.2) is 0 Å². The van der Waals surface area contributed by atoms with E-state index in [1.165, 1.54) is 0 Å². The minimum atomic E-state index is -0.566. The Balaban J connectivity index is 2.13. The van der Waals surface area contributed by atoms with E-state index in [0.717, 1.165) is 16.9 Å². The molecule has 0 saturated heterocycles. The zero-order valence-corrected chi connectivity index (χ0v) is 9.99. The monoisotopic (exact) mass is 295 g/mol. The number of hydrogen-bond donors (Lipinski definition) is 0. The average molecular weight is 296 g/mol. The summed E-state index contributed by atoms with van der Waals surface area (Å²) in [5.41, 5.74) is -0.173. The molecule has 86 valence electrons. The van der Waals surface area contributed by atoms with Crippen LogP contribution in [-0.4, -0.2) is 14.9 Å². The van der Waals surface area contributed by atoms with Crippen LogP contribution in [0, 0.1) is 10.1 Å². The molecule has 0 radical (unpaired) electrons. The number of hydrogen-bond acceptors (Lipinski definition) is 5. The molecule has 1 aromatic carbocycles. The van der Waals surface area contributed by atoms with Crippen LogP contribution in [0.5, 0.6) is 11.8 Å². The summed E-state index contributed by atoms with van der Waals surface area (Å²) in [4.78, 5) is 17.3. The van der Waals surface area contributed by atoms with Gasteiger partial charge in [0.25, 0.3) is 0 Å². The molecule has 17 heavy (non-hydrogen) atoms. The molecule has 0 aliphatic carbocycles. The summed E-state index contributed by atoms with van der Waals surface area (Å²) >= 11 is 3.29. The molecule has 0 atom stereocenters. The number of ether oxygens (including phenoxy) is 1. The molecule has 0 bridgehead atoms. The Hall–Kier alpha value is -2.02. The number of aromatic nitrogens is 2. The highest BCUT2D eigenvalue weighted by Crippen LogP contribution is 2.20. The van der Waals surface area contributed by atoms with Gasteiger partial charge in [0.1, 0.15) is 18.1 Å². The third-order valence-corrected chi connectivity index (χ3v) is 2.38. The van der Waals surface area contributed by atoms with Gasteiger partial charge in [-0.2, -0.15) is 9.97 Å². The molecule has 7 heteroatoms. The molecule has 0 fully saturated rings. The van der Waals surface area contributed by atoms with Gasteiger partial charge in [0, 0.05) is 4.47 Å². The Morgan fingerprint density at radius 3 is 2.29 bits per heavy atom. The second-order valence-electron chi connectivity index (χ2n) is 3.04. The average Bonchev–Trinajstić information content (AvgIpc) is 2.33. The molecule has 0 aliphatic heterocycles. The molecular weight excluding hydrogens is 290 g/mol. The highest BCUT2D eigenvalue weighted by molar-refractivity contribution is 9.10. The van der Waals surface area contributed by atoms with Crippen molar-refractivity contribution in [3.8, 4) is 11.8 Å². The van der Waals surface area contributed by atoms with E-state index >= 15 is 0 Å². The van der Waals surface area contributed by atoms with E-state index in [-0.39, 0.29) is 11.7 Å². The molecule has 6 nitrogen and oxygen atoms in total. The van der Waals surface area contributed by atoms with Gasteiger partial charge < -0.3 is 4.74 Å². The van der Waals surface area contributed by atoms with E-state index in [1.54, 1.807) is 24.3 Å². The molecule has 2 aromatic rings. The van der Waals surface area contributed by atoms with Gasteiger partial charge in [-0.05, 0) is 24.3 Å². The maximum absolute atomic E-state index is 10.4. The van der Waals surface area contributed by atoms with Crippen molar-refractivity contribution in [2.24, 2.45) is 0 Å². The summed E-state index contributed by atoms with van der Waals surface area (Å²) < 4.78 is 6.23. The lowest BCUT2D eigenvalue weighted by molar-refractivity contribution is -0.385. The van der Waals surface area contributed by atoms with Crippen LogP contribution in [0.15, 0.2) is 41.1 Å². The van der Waals surface area contributed by atoms with Crippen LogP contribution >= 0.6 is 15.9 Å². The minimum Gasteiger partial charge on any atom is -0.424 e. The van der Waals surface area contributed by atoms with E-state index in [0.29, 0.717) is 5.75 Å². The van der Waals surface area contributed by atoms with Crippen LogP contribution in [0.1, 0.15) is 0 Å². The van der Waals surface area contributed by atoms with Crippen LogP contribution in [0.25, 0.3) is 0 Å². The first-order valence-electron chi connectivity index (χ1n) is 4.55. The van der Waals surface area contributed by atoms with E-state index in [2.05, 4.69) is 25.9 Å². The Kier molecular flexibility index (Phi) is 3.29. The summed E-state index contributed by atoms with van der Waals surface area (Å²) in [7, 11) is 0. The molecule has 0 amide bonds. The third kappa shape index (κ3) is 2.97. The summed E-state index contributed by atoms with van der Waals surface area (Å²) in [5.74, 6) is 0.557. The van der Waals surface area contributed by atoms with Crippen molar-refractivity contribution in [2.45, 2.75) is 0 Å². The Morgan fingerprint density at radius 1 is 1.18 bits per heavy atom. The lowest BCUT2D eigenvalue weighted by Gasteiger charge is -2.02. The quantitative estimate of drug-likeness (QED) is 0.642. The van der Waals surface area contributed by atoms with Crippen LogP contribution in [0.3, 0.4) is 0 Å². The molecule has 0 unspecified atom stereocenters. The van der Waals surface area contributed by atoms with Gasteiger partial charge in [-0.3, -0.25) is 10.1 Å². The van der Waals surface area contributed by atoms with Crippen molar-refractivity contribution in [3.63, 3.8) is 0 Å². The van der Waals surface area contributed by atoms with Gasteiger partial charge >= 0.3 is 11.7 Å². The number of nitro groups is 1. The normalized spacial score (nSPS) is 9.94. The zero-order chi connectivity index (χ0) is 12.3. The molecule has 1 aromatic heterocycles. The molecule has 0 saturated carbocycles. The predicted octanol–water partition coefficient (Wildman–Crippen LogP) is 2.94. The molecule has 1 heterocycles. The fraction of sp³-hybridized carbons (Fsp3) is 0. The van der Waals surface area contributed by atoms with Crippen LogP contribution < -0.4 is 4.74 Å². The van der Waals surface area contributed by atoms with Gasteiger partial charge in [0.15, 0.2) is 0 Å². The predicted molar refractivity (Wildman–Crippen MR) is 62.9 cm³/mol. The highest BCUT2D eigenvalue weighted by Gasteiger charge is 2.07. The Bertz CT molecular complexity index is 527. The number of rotatable bonds is 3. The van der Waals surface area contributed by atoms with Gasteiger partial charge in [-0.15, -0.1) is 0 Å². The number of benzene rings is 1. The summed E-state index contributed by atoms with van der Waals surface area (Å²) in [6, 6.07) is 7.14. The van der Waals surface area contributed by atoms with Crippen LogP contribution in [-0.2, 0) is 0 Å². The summed E-state index contributed by atoms with van der Waals surface area (Å²) in [6.45, 7) is 0. The van der Waals surface area contributed by atoms with E-state index in [9.17, 15) is 10.1 Å². The van der Waals surface area contributed by atoms with Gasteiger partial charge in [0.2, 0.25) is 0 Å². The number of nitrogens with zero attached hydrogens (tertiary/aromatic N) is 3. The first-order chi connectivity index (χ1) is 8.15. The second-order valence-corrected chi connectivity index (χ2v) is 3.95. The van der Waals surface area contributed by atoms with Gasteiger partial charge in [0.05, 0.1) is 4.92 Å². The minimum absolute atomic E-state index is 0.0675. The van der Waals surface area contributed by atoms with Crippen LogP contribution in [0.4, 0.5) is 5.69 Å². The number of halogens is 1. The van der Waals surface area contributed by atoms with Crippen molar-refractivity contribution in [1.29, 1.82) is 0 Å². The fourth-order valence-electron chi connectivity index (χ4n) is 1.06. The third-order valence-electron chi connectivity index (χ3n) is 1.85. The van der Waals surface area contributed by atoms with Crippen molar-refractivity contribution >= 4 is 21.6 Å². The highest BCUT2D eigenvalue weighted by atomic mass is 79.9. The second kappa shape index (κ2) is 4.88. The molecule has 2 rings (SSSR count). The molecule has 0 N–H and O–H groups in total. The maximum Gasteiger partial charge on any atom is 0.322 e. The van der Waals surface area contributed by atoms with Gasteiger partial charge in [-0.1, -0.05) is 15.9 Å². The molecule has 0 aliphatic rings. The van der Waals surface area contributed by atoms with Crippen molar-refractivity contribution in [1.82, 2.24) is 9.97 Å². The largest absolute Gasteiger partial charge is 0.424 e. The Morgan fingerprint density at radius 2 is 1.76 bits per heavy atom. The van der Waals surface area contributed by atoms with E-state index in [4.69, 9.17) is 4.74 Å².